The quantitative estimate of drug-likeness (QED) is 0.475. The molecule has 0 aliphatic heterocycles. The van der Waals surface area contributed by atoms with E-state index in [9.17, 15) is 27.2 Å². The van der Waals surface area contributed by atoms with Crippen LogP contribution < -0.4 is 9.47 Å². The van der Waals surface area contributed by atoms with Gasteiger partial charge in [-0.05, 0) is 17.7 Å². The second-order valence-electron chi connectivity index (χ2n) is 4.03. The molecule has 0 heterocycles. The van der Waals surface area contributed by atoms with Crippen molar-refractivity contribution in [3.8, 4) is 11.5 Å². The highest BCUT2D eigenvalue weighted by Gasteiger charge is 2.29. The Bertz CT molecular complexity index is 725. The SMILES string of the molecule is CC(=O)Oc1cc(C([C]=O)S(=O)(=O)O)cc(F)c1OC(C)=O. The predicted molar refractivity (Wildman–Crippen MR) is 69.0 cm³/mol. The van der Waals surface area contributed by atoms with E-state index >= 15 is 0 Å². The van der Waals surface area contributed by atoms with Crippen LogP contribution in [0.1, 0.15) is 24.7 Å². The molecule has 8 nitrogen and oxygen atoms in total. The third kappa shape index (κ3) is 4.33. The van der Waals surface area contributed by atoms with Gasteiger partial charge in [0.15, 0.2) is 16.8 Å². The number of hydrogen-bond acceptors (Lipinski definition) is 7. The normalized spacial score (nSPS) is 12.4. The van der Waals surface area contributed by atoms with Crippen LogP contribution in [0.15, 0.2) is 12.1 Å². The van der Waals surface area contributed by atoms with E-state index in [-0.39, 0.29) is 0 Å². The number of carbonyl (C=O) groups is 2. The van der Waals surface area contributed by atoms with Crippen LogP contribution >= 0.6 is 0 Å². The monoisotopic (exact) mass is 333 g/mol. The highest BCUT2D eigenvalue weighted by Crippen LogP contribution is 2.35. The Morgan fingerprint density at radius 1 is 1.23 bits per heavy atom. The molecule has 119 valence electrons. The van der Waals surface area contributed by atoms with Gasteiger partial charge < -0.3 is 9.47 Å². The van der Waals surface area contributed by atoms with Gasteiger partial charge in [-0.25, -0.2) is 4.39 Å². The first kappa shape index (κ1) is 17.7. The van der Waals surface area contributed by atoms with Crippen molar-refractivity contribution >= 4 is 28.3 Å². The van der Waals surface area contributed by atoms with E-state index in [1.165, 1.54) is 0 Å². The topological polar surface area (TPSA) is 124 Å². The molecule has 1 N–H and O–H groups in total. The molecular formula is C12H10FO8S. The fourth-order valence-electron chi connectivity index (χ4n) is 1.51. The molecule has 0 aromatic heterocycles. The minimum Gasteiger partial charge on any atom is -0.423 e. The third-order valence-corrected chi connectivity index (χ3v) is 3.20. The first-order chi connectivity index (χ1) is 10.1. The van der Waals surface area contributed by atoms with Crippen molar-refractivity contribution in [1.82, 2.24) is 0 Å². The van der Waals surface area contributed by atoms with Crippen molar-refractivity contribution < 1.29 is 41.2 Å². The maximum Gasteiger partial charge on any atom is 0.308 e. The Labute approximate surface area is 124 Å². The van der Waals surface area contributed by atoms with Crippen molar-refractivity contribution in [3.05, 3.63) is 23.5 Å². The summed E-state index contributed by atoms with van der Waals surface area (Å²) in [5, 5.41) is -2.21. The lowest BCUT2D eigenvalue weighted by atomic mass is 10.1. The summed E-state index contributed by atoms with van der Waals surface area (Å²) in [7, 11) is -4.90. The Balaban J connectivity index is 3.52. The Kier molecular flexibility index (Phi) is 5.33. The van der Waals surface area contributed by atoms with Crippen LogP contribution in [0.4, 0.5) is 4.39 Å². The number of esters is 2. The highest BCUT2D eigenvalue weighted by atomic mass is 32.2. The van der Waals surface area contributed by atoms with Crippen molar-refractivity contribution in [2.45, 2.75) is 19.1 Å². The average Bonchev–Trinajstić information content (AvgIpc) is 2.31. The zero-order valence-corrected chi connectivity index (χ0v) is 12.1. The van der Waals surface area contributed by atoms with Crippen LogP contribution in [-0.4, -0.2) is 31.2 Å². The number of ether oxygens (including phenoxy) is 2. The fourth-order valence-corrected chi connectivity index (χ4v) is 2.12. The summed E-state index contributed by atoms with van der Waals surface area (Å²) in [6, 6.07) is 1.31. The minimum absolute atomic E-state index is 0.536. The van der Waals surface area contributed by atoms with Crippen molar-refractivity contribution in [2.75, 3.05) is 0 Å². The molecule has 0 aliphatic carbocycles. The van der Waals surface area contributed by atoms with Crippen molar-refractivity contribution in [3.63, 3.8) is 0 Å². The van der Waals surface area contributed by atoms with Gasteiger partial charge in [0.1, 0.15) is 0 Å². The van der Waals surface area contributed by atoms with Crippen LogP contribution in [0.5, 0.6) is 11.5 Å². The van der Waals surface area contributed by atoms with Crippen molar-refractivity contribution in [1.29, 1.82) is 0 Å². The minimum atomic E-state index is -4.90. The van der Waals surface area contributed by atoms with Gasteiger partial charge in [0.25, 0.3) is 10.1 Å². The summed E-state index contributed by atoms with van der Waals surface area (Å²) >= 11 is 0. The van der Waals surface area contributed by atoms with Gasteiger partial charge >= 0.3 is 11.9 Å². The van der Waals surface area contributed by atoms with E-state index in [1.54, 1.807) is 0 Å². The predicted octanol–water partition coefficient (Wildman–Crippen LogP) is 0.715. The van der Waals surface area contributed by atoms with E-state index in [4.69, 9.17) is 4.55 Å². The number of carbonyl (C=O) groups excluding carboxylic acids is 3. The molecule has 0 saturated carbocycles. The molecule has 10 heteroatoms. The number of halogens is 1. The summed E-state index contributed by atoms with van der Waals surface area (Å²) in [5.74, 6) is -4.49. The maximum absolute atomic E-state index is 13.9. The summed E-state index contributed by atoms with van der Waals surface area (Å²) in [4.78, 5) is 32.6. The molecule has 1 unspecified atom stereocenters. The Hall–Kier alpha value is -2.33. The largest absolute Gasteiger partial charge is 0.423 e. The van der Waals surface area contributed by atoms with E-state index < -0.39 is 50.2 Å². The molecule has 0 bridgehead atoms. The molecule has 0 saturated heterocycles. The molecule has 1 aromatic carbocycles. The lowest BCUT2D eigenvalue weighted by Gasteiger charge is -2.13. The Morgan fingerprint density at radius 2 is 1.77 bits per heavy atom. The summed E-state index contributed by atoms with van der Waals surface area (Å²) in [6.07, 6.45) is 1.02. The summed E-state index contributed by atoms with van der Waals surface area (Å²) in [5.41, 5.74) is -0.554. The first-order valence-electron chi connectivity index (χ1n) is 5.60. The maximum atomic E-state index is 13.9. The molecule has 0 spiro atoms. The zero-order valence-electron chi connectivity index (χ0n) is 11.3. The molecular weight excluding hydrogens is 323 g/mol. The van der Waals surface area contributed by atoms with Crippen molar-refractivity contribution in [2.24, 2.45) is 0 Å². The number of benzene rings is 1. The van der Waals surface area contributed by atoms with Gasteiger partial charge in [0.05, 0.1) is 0 Å². The number of rotatable bonds is 5. The van der Waals surface area contributed by atoms with Crippen LogP contribution in [0.2, 0.25) is 0 Å². The van der Waals surface area contributed by atoms with Crippen LogP contribution in [0.25, 0.3) is 0 Å². The smallest absolute Gasteiger partial charge is 0.308 e. The molecule has 0 fully saturated rings. The van der Waals surface area contributed by atoms with Crippen LogP contribution in [0.3, 0.4) is 0 Å². The van der Waals surface area contributed by atoms with Gasteiger partial charge in [-0.1, -0.05) is 0 Å². The van der Waals surface area contributed by atoms with E-state index in [1.807, 2.05) is 0 Å². The molecule has 1 aromatic rings. The second-order valence-corrected chi connectivity index (χ2v) is 5.53. The van der Waals surface area contributed by atoms with E-state index in [0.29, 0.717) is 6.07 Å². The van der Waals surface area contributed by atoms with Gasteiger partial charge in [0.2, 0.25) is 12.0 Å². The standard InChI is InChI=1S/C12H10FO8S/c1-6(15)20-10-4-8(11(5-14)22(17,18)19)3-9(13)12(10)21-7(2)16/h3-4,11H,1-2H3,(H,17,18,19). The van der Waals surface area contributed by atoms with E-state index in [2.05, 4.69) is 9.47 Å². The molecule has 0 amide bonds. The van der Waals surface area contributed by atoms with Crippen LogP contribution in [0, 0.1) is 5.82 Å². The van der Waals surface area contributed by atoms with Crippen LogP contribution in [-0.2, 0) is 24.5 Å². The summed E-state index contributed by atoms with van der Waals surface area (Å²) in [6.45, 7) is 1.93. The lowest BCUT2D eigenvalue weighted by Crippen LogP contribution is -2.15. The molecule has 1 rings (SSSR count). The number of hydrogen-bond donors (Lipinski definition) is 1. The van der Waals surface area contributed by atoms with Gasteiger partial charge in [-0.2, -0.15) is 8.42 Å². The first-order valence-corrected chi connectivity index (χ1v) is 7.10. The van der Waals surface area contributed by atoms with Gasteiger partial charge in [-0.3, -0.25) is 18.9 Å². The molecule has 22 heavy (non-hydrogen) atoms. The molecule has 1 atom stereocenters. The highest BCUT2D eigenvalue weighted by molar-refractivity contribution is 7.86. The Morgan fingerprint density at radius 3 is 2.18 bits per heavy atom. The second kappa shape index (κ2) is 6.62. The third-order valence-electron chi connectivity index (χ3n) is 2.24. The molecule has 0 aliphatic rings. The van der Waals surface area contributed by atoms with E-state index in [0.717, 1.165) is 26.2 Å². The fraction of sp³-hybridized carbons (Fsp3) is 0.250. The molecule has 1 radical (unpaired) electrons. The summed E-state index contributed by atoms with van der Waals surface area (Å²) < 4.78 is 54.1. The average molecular weight is 333 g/mol. The lowest BCUT2D eigenvalue weighted by molar-refractivity contribution is -0.134. The van der Waals surface area contributed by atoms with Gasteiger partial charge in [0, 0.05) is 13.8 Å². The van der Waals surface area contributed by atoms with Gasteiger partial charge in [-0.15, -0.1) is 0 Å². The zero-order chi connectivity index (χ0) is 17.1.